The molecule has 1 aliphatic carbocycles. The molecule has 0 aromatic carbocycles. The highest BCUT2D eigenvalue weighted by Crippen LogP contribution is 2.65. The van der Waals surface area contributed by atoms with Gasteiger partial charge in [-0.15, -0.1) is 9.24 Å². The van der Waals surface area contributed by atoms with Gasteiger partial charge in [-0.3, -0.25) is 0 Å². The molecule has 0 radical (unpaired) electrons. The first-order chi connectivity index (χ1) is 10.6. The molecule has 0 aromatic rings. The van der Waals surface area contributed by atoms with Crippen molar-refractivity contribution in [1.29, 1.82) is 0 Å². The molecule has 1 rings (SSSR count). The van der Waals surface area contributed by atoms with Crippen LogP contribution in [0.1, 0.15) is 89.0 Å². The highest BCUT2D eigenvalue weighted by Gasteiger charge is 2.52. The van der Waals surface area contributed by atoms with Gasteiger partial charge in [0.15, 0.2) is 0 Å². The molecule has 0 heterocycles. The molecule has 5 atom stereocenters. The van der Waals surface area contributed by atoms with Crippen LogP contribution in [-0.4, -0.2) is 22.6 Å². The maximum absolute atomic E-state index is 3.15. The van der Waals surface area contributed by atoms with Crippen LogP contribution < -0.4 is 0 Å². The Balaban J connectivity index is 3.29. The third-order valence-electron chi connectivity index (χ3n) is 6.98. The largest absolute Gasteiger partial charge is 0.137 e. The summed E-state index contributed by atoms with van der Waals surface area (Å²) in [7, 11) is 3.13. The first-order valence-corrected chi connectivity index (χ1v) is 12.4. The fraction of sp³-hybridized carbons (Fsp3) is 1.00. The molecular weight excluding hydrogens is 326 g/mol. The molecule has 0 nitrogen and oxygen atoms in total. The van der Waals surface area contributed by atoms with Crippen LogP contribution in [0.15, 0.2) is 0 Å². The molecule has 0 aromatic heterocycles. The Morgan fingerprint density at radius 3 is 1.67 bits per heavy atom. The Labute approximate surface area is 157 Å². The first-order valence-electron chi connectivity index (χ1n) is 10.0. The van der Waals surface area contributed by atoms with E-state index in [2.05, 4.69) is 85.4 Å². The Bertz CT molecular complexity index is 393. The van der Waals surface area contributed by atoms with Gasteiger partial charge in [-0.2, -0.15) is 0 Å². The summed E-state index contributed by atoms with van der Waals surface area (Å²) in [5.41, 5.74) is 0.852. The molecule has 0 spiro atoms. The van der Waals surface area contributed by atoms with E-state index in [4.69, 9.17) is 0 Å². The van der Waals surface area contributed by atoms with Crippen molar-refractivity contribution in [2.75, 3.05) is 12.3 Å². The van der Waals surface area contributed by atoms with Gasteiger partial charge in [-0.1, -0.05) is 84.1 Å². The summed E-state index contributed by atoms with van der Waals surface area (Å²) in [5.74, 6) is 2.60. The fourth-order valence-electron chi connectivity index (χ4n) is 5.35. The zero-order valence-corrected chi connectivity index (χ0v) is 20.6. The molecule has 2 heteroatoms. The van der Waals surface area contributed by atoms with Crippen LogP contribution in [-0.2, 0) is 0 Å². The first kappa shape index (κ1) is 22.9. The lowest BCUT2D eigenvalue weighted by molar-refractivity contribution is -0.0297. The third kappa shape index (κ3) is 4.77. The summed E-state index contributed by atoms with van der Waals surface area (Å²) in [4.78, 5) is 0. The predicted octanol–water partition coefficient (Wildman–Crippen LogP) is 7.66. The summed E-state index contributed by atoms with van der Waals surface area (Å²) >= 11 is 0. The van der Waals surface area contributed by atoms with Gasteiger partial charge in [0.2, 0.25) is 0 Å². The highest BCUT2D eigenvalue weighted by molar-refractivity contribution is 7.60. The van der Waals surface area contributed by atoms with Crippen molar-refractivity contribution in [3.63, 3.8) is 0 Å². The maximum atomic E-state index is 3.15. The quantitative estimate of drug-likeness (QED) is 0.446. The summed E-state index contributed by atoms with van der Waals surface area (Å²) in [6.07, 6.45) is 5.54. The summed E-state index contributed by atoms with van der Waals surface area (Å²) in [6, 6.07) is 0. The maximum Gasteiger partial charge on any atom is -0.0175 e. The van der Waals surface area contributed by atoms with Gasteiger partial charge in [0.1, 0.15) is 0 Å². The van der Waals surface area contributed by atoms with E-state index in [1.807, 2.05) is 0 Å². The molecule has 24 heavy (non-hydrogen) atoms. The normalized spacial score (nSPS) is 33.1. The van der Waals surface area contributed by atoms with Crippen molar-refractivity contribution in [1.82, 2.24) is 0 Å². The molecule has 1 fully saturated rings. The zero-order valence-electron chi connectivity index (χ0n) is 18.6. The van der Waals surface area contributed by atoms with Gasteiger partial charge in [0.05, 0.1) is 0 Å². The molecule has 0 N–H and O–H groups in total. The van der Waals surface area contributed by atoms with E-state index in [-0.39, 0.29) is 7.92 Å². The van der Waals surface area contributed by atoms with Crippen molar-refractivity contribution < 1.29 is 0 Å². The van der Waals surface area contributed by atoms with Gasteiger partial charge < -0.3 is 0 Å². The molecule has 0 aliphatic heterocycles. The average molecular weight is 373 g/mol. The highest BCUT2D eigenvalue weighted by atomic mass is 31.1. The van der Waals surface area contributed by atoms with E-state index in [0.29, 0.717) is 21.1 Å². The van der Waals surface area contributed by atoms with Crippen LogP contribution in [0.5, 0.6) is 0 Å². The minimum absolute atomic E-state index is 0.0195. The second-order valence-electron chi connectivity index (χ2n) is 11.7. The van der Waals surface area contributed by atoms with Gasteiger partial charge in [0.25, 0.3) is 0 Å². The smallest absolute Gasteiger partial charge is 0.0175 e. The number of hydrogen-bond acceptors (Lipinski definition) is 0. The van der Waals surface area contributed by atoms with Crippen LogP contribution in [0.4, 0.5) is 0 Å². The molecule has 0 saturated heterocycles. The van der Waals surface area contributed by atoms with E-state index < -0.39 is 0 Å². The summed E-state index contributed by atoms with van der Waals surface area (Å²) in [6.45, 7) is 27.4. The minimum atomic E-state index is -0.0195. The second kappa shape index (κ2) is 7.47. The molecule has 144 valence electrons. The van der Waals surface area contributed by atoms with Crippen molar-refractivity contribution in [3.8, 4) is 0 Å². The molecule has 1 aliphatic rings. The van der Waals surface area contributed by atoms with Crippen molar-refractivity contribution >= 4 is 17.2 Å². The lowest BCUT2D eigenvalue weighted by atomic mass is 9.52. The Morgan fingerprint density at radius 2 is 1.33 bits per heavy atom. The van der Waals surface area contributed by atoms with E-state index in [1.165, 1.54) is 25.2 Å². The van der Waals surface area contributed by atoms with Crippen LogP contribution in [0.2, 0.25) is 0 Å². The van der Waals surface area contributed by atoms with E-state index >= 15 is 0 Å². The Hall–Kier alpha value is 0.860. The number of hydrogen-bond donors (Lipinski definition) is 0. The SMILES string of the molecule is CC1CC(CP(C(C)(C)C)C(C)(C)C)C(CP)(C(C)(C)C)CC1C. The monoisotopic (exact) mass is 372 g/mol. The van der Waals surface area contributed by atoms with Gasteiger partial charge in [0, 0.05) is 0 Å². The molecule has 0 bridgehead atoms. The summed E-state index contributed by atoms with van der Waals surface area (Å²) < 4.78 is 0. The lowest BCUT2D eigenvalue weighted by Crippen LogP contribution is -2.51. The van der Waals surface area contributed by atoms with Crippen molar-refractivity contribution in [2.45, 2.75) is 99.3 Å². The fourth-order valence-corrected chi connectivity index (χ4v) is 10.5. The molecule has 5 unspecified atom stereocenters. The minimum Gasteiger partial charge on any atom is -0.137 e. The van der Waals surface area contributed by atoms with Crippen molar-refractivity contribution in [3.05, 3.63) is 0 Å². The Kier molecular flexibility index (Phi) is 7.13. The average Bonchev–Trinajstić information content (AvgIpc) is 2.35. The van der Waals surface area contributed by atoms with Crippen LogP contribution in [0, 0.1) is 28.6 Å². The molecule has 0 amide bonds. The van der Waals surface area contributed by atoms with E-state index in [9.17, 15) is 0 Å². The molecule has 1 saturated carbocycles. The lowest BCUT2D eigenvalue weighted by Gasteiger charge is -2.58. The summed E-state index contributed by atoms with van der Waals surface area (Å²) in [5, 5.41) is 0.870. The topological polar surface area (TPSA) is 0 Å². The van der Waals surface area contributed by atoms with E-state index in [1.54, 1.807) is 0 Å². The Morgan fingerprint density at radius 1 is 0.875 bits per heavy atom. The molecular formula is C22H46P2. The van der Waals surface area contributed by atoms with Gasteiger partial charge >= 0.3 is 0 Å². The zero-order chi connectivity index (χ0) is 19.1. The van der Waals surface area contributed by atoms with Crippen molar-refractivity contribution in [2.24, 2.45) is 28.6 Å². The standard InChI is InChI=1S/C22H46P2/c1-16-12-18(14-24(20(6,7)8)21(9,10)11)22(15-23,13-17(16)2)19(3,4)5/h16-18H,12-15,23H2,1-11H3. The van der Waals surface area contributed by atoms with Gasteiger partial charge in [-0.05, 0) is 64.1 Å². The number of rotatable bonds is 3. The predicted molar refractivity (Wildman–Crippen MR) is 119 cm³/mol. The van der Waals surface area contributed by atoms with Gasteiger partial charge in [-0.25, -0.2) is 0 Å². The van der Waals surface area contributed by atoms with E-state index in [0.717, 1.165) is 17.8 Å². The third-order valence-corrected chi connectivity index (χ3v) is 11.7. The van der Waals surface area contributed by atoms with Crippen LogP contribution in [0.25, 0.3) is 0 Å². The van der Waals surface area contributed by atoms with Crippen LogP contribution in [0.3, 0.4) is 0 Å². The van der Waals surface area contributed by atoms with Crippen LogP contribution >= 0.6 is 17.2 Å². The second-order valence-corrected chi connectivity index (χ2v) is 16.0.